The van der Waals surface area contributed by atoms with Crippen molar-refractivity contribution in [2.24, 2.45) is 0 Å². The van der Waals surface area contributed by atoms with Gasteiger partial charge in [0.1, 0.15) is 17.8 Å². The zero-order valence-corrected chi connectivity index (χ0v) is 10.2. The Morgan fingerprint density at radius 3 is 2.42 bits per heavy atom. The van der Waals surface area contributed by atoms with E-state index in [1.54, 1.807) is 37.3 Å². The van der Waals surface area contributed by atoms with Crippen molar-refractivity contribution in [1.29, 1.82) is 0 Å². The molecule has 0 amide bonds. The Balaban J connectivity index is 2.28. The number of nitro benzene ring substituents is 1. The fraction of sp³-hybridized carbons (Fsp3) is 0.0714. The molecule has 2 rings (SSSR count). The standard InChI is InChI=1S/C14H11NO4/c1-10-2-5-12(15(17)18)8-14(10)19-13-6-3-11(9-16)4-7-13/h2-9H,1H3. The maximum Gasteiger partial charge on any atom is 0.273 e. The molecule has 0 bridgehead atoms. The van der Waals surface area contributed by atoms with Crippen LogP contribution in [0.4, 0.5) is 5.69 Å². The lowest BCUT2D eigenvalue weighted by Gasteiger charge is -2.08. The van der Waals surface area contributed by atoms with Crippen LogP contribution in [0, 0.1) is 17.0 Å². The average molecular weight is 257 g/mol. The molecule has 2 aromatic carbocycles. The first-order chi connectivity index (χ1) is 9.10. The van der Waals surface area contributed by atoms with Crippen LogP contribution in [0.1, 0.15) is 15.9 Å². The highest BCUT2D eigenvalue weighted by molar-refractivity contribution is 5.74. The fourth-order valence-electron chi connectivity index (χ4n) is 1.55. The summed E-state index contributed by atoms with van der Waals surface area (Å²) in [4.78, 5) is 20.8. The third kappa shape index (κ3) is 2.95. The van der Waals surface area contributed by atoms with Gasteiger partial charge in [0.2, 0.25) is 0 Å². The lowest BCUT2D eigenvalue weighted by Crippen LogP contribution is -1.92. The van der Waals surface area contributed by atoms with Crippen LogP contribution in [0.3, 0.4) is 0 Å². The van der Waals surface area contributed by atoms with E-state index in [1.165, 1.54) is 12.1 Å². The summed E-state index contributed by atoms with van der Waals surface area (Å²) in [5.74, 6) is 0.947. The van der Waals surface area contributed by atoms with Crippen molar-refractivity contribution in [3.8, 4) is 11.5 Å². The molecule has 0 radical (unpaired) electrons. The quantitative estimate of drug-likeness (QED) is 0.477. The van der Waals surface area contributed by atoms with E-state index in [0.29, 0.717) is 17.1 Å². The van der Waals surface area contributed by atoms with E-state index in [2.05, 4.69) is 0 Å². The molecule has 0 fully saturated rings. The van der Waals surface area contributed by atoms with Gasteiger partial charge in [-0.15, -0.1) is 0 Å². The first-order valence-electron chi connectivity index (χ1n) is 5.58. The summed E-state index contributed by atoms with van der Waals surface area (Å²) in [6, 6.07) is 11.0. The Hall–Kier alpha value is -2.69. The Morgan fingerprint density at radius 1 is 1.16 bits per heavy atom. The van der Waals surface area contributed by atoms with Crippen LogP contribution in [0.2, 0.25) is 0 Å². The molecule has 0 saturated heterocycles. The zero-order valence-electron chi connectivity index (χ0n) is 10.2. The van der Waals surface area contributed by atoms with E-state index in [4.69, 9.17) is 4.74 Å². The number of hydrogen-bond acceptors (Lipinski definition) is 4. The highest BCUT2D eigenvalue weighted by Crippen LogP contribution is 2.28. The van der Waals surface area contributed by atoms with E-state index >= 15 is 0 Å². The highest BCUT2D eigenvalue weighted by Gasteiger charge is 2.10. The number of hydrogen-bond donors (Lipinski definition) is 0. The highest BCUT2D eigenvalue weighted by atomic mass is 16.6. The van der Waals surface area contributed by atoms with Gasteiger partial charge in [0, 0.05) is 11.6 Å². The summed E-state index contributed by atoms with van der Waals surface area (Å²) < 4.78 is 5.58. The summed E-state index contributed by atoms with van der Waals surface area (Å²) in [6.45, 7) is 1.80. The van der Waals surface area contributed by atoms with Gasteiger partial charge in [0.25, 0.3) is 5.69 Å². The molecule has 0 unspecified atom stereocenters. The molecule has 19 heavy (non-hydrogen) atoms. The molecule has 0 heterocycles. The summed E-state index contributed by atoms with van der Waals surface area (Å²) >= 11 is 0. The van der Waals surface area contributed by atoms with E-state index in [0.717, 1.165) is 11.8 Å². The second-order valence-corrected chi connectivity index (χ2v) is 4.00. The van der Waals surface area contributed by atoms with E-state index in [1.807, 2.05) is 0 Å². The van der Waals surface area contributed by atoms with Gasteiger partial charge in [-0.1, -0.05) is 0 Å². The number of carbonyl (C=O) groups is 1. The molecule has 0 aromatic heterocycles. The SMILES string of the molecule is Cc1ccc([N+](=O)[O-])cc1Oc1ccc(C=O)cc1. The number of rotatable bonds is 4. The van der Waals surface area contributed by atoms with E-state index in [9.17, 15) is 14.9 Å². The van der Waals surface area contributed by atoms with Gasteiger partial charge in [-0.25, -0.2) is 0 Å². The summed E-state index contributed by atoms with van der Waals surface area (Å²) in [7, 11) is 0. The molecule has 0 N–H and O–H groups in total. The number of benzene rings is 2. The van der Waals surface area contributed by atoms with Crippen LogP contribution in [0.5, 0.6) is 11.5 Å². The molecule has 5 nitrogen and oxygen atoms in total. The van der Waals surface area contributed by atoms with Crippen molar-refractivity contribution in [3.05, 3.63) is 63.7 Å². The largest absolute Gasteiger partial charge is 0.457 e. The smallest absolute Gasteiger partial charge is 0.273 e. The third-order valence-corrected chi connectivity index (χ3v) is 2.63. The minimum absolute atomic E-state index is 0.0230. The van der Waals surface area contributed by atoms with Gasteiger partial charge in [0.05, 0.1) is 11.0 Å². The molecule has 0 aliphatic rings. The lowest BCUT2D eigenvalue weighted by molar-refractivity contribution is -0.384. The van der Waals surface area contributed by atoms with Gasteiger partial charge in [-0.05, 0) is 42.8 Å². The van der Waals surface area contributed by atoms with Crippen LogP contribution >= 0.6 is 0 Å². The first-order valence-corrected chi connectivity index (χ1v) is 5.58. The van der Waals surface area contributed by atoms with Crippen LogP contribution in [-0.4, -0.2) is 11.2 Å². The second kappa shape index (κ2) is 5.30. The third-order valence-electron chi connectivity index (χ3n) is 2.63. The van der Waals surface area contributed by atoms with Crippen LogP contribution in [0.15, 0.2) is 42.5 Å². The Bertz CT molecular complexity index is 620. The maximum absolute atomic E-state index is 10.7. The summed E-state index contributed by atoms with van der Waals surface area (Å²) in [5, 5.41) is 10.7. The molecule has 0 aliphatic carbocycles. The van der Waals surface area contributed by atoms with E-state index in [-0.39, 0.29) is 5.69 Å². The number of carbonyl (C=O) groups excluding carboxylic acids is 1. The van der Waals surface area contributed by atoms with Crippen molar-refractivity contribution >= 4 is 12.0 Å². The van der Waals surface area contributed by atoms with Gasteiger partial charge in [-0.3, -0.25) is 14.9 Å². The van der Waals surface area contributed by atoms with Crippen molar-refractivity contribution in [3.63, 3.8) is 0 Å². The van der Waals surface area contributed by atoms with Crippen molar-refractivity contribution in [1.82, 2.24) is 0 Å². The molecule has 2 aromatic rings. The van der Waals surface area contributed by atoms with Crippen molar-refractivity contribution in [2.75, 3.05) is 0 Å². The summed E-state index contributed by atoms with van der Waals surface area (Å²) in [6.07, 6.45) is 0.738. The monoisotopic (exact) mass is 257 g/mol. The van der Waals surface area contributed by atoms with Gasteiger partial charge < -0.3 is 4.74 Å². The van der Waals surface area contributed by atoms with Crippen LogP contribution in [-0.2, 0) is 0 Å². The van der Waals surface area contributed by atoms with Gasteiger partial charge in [0.15, 0.2) is 0 Å². The lowest BCUT2D eigenvalue weighted by atomic mass is 10.2. The normalized spacial score (nSPS) is 9.95. The minimum atomic E-state index is -0.470. The number of nitro groups is 1. The fourth-order valence-corrected chi connectivity index (χ4v) is 1.55. The molecule has 0 atom stereocenters. The minimum Gasteiger partial charge on any atom is -0.457 e. The molecular formula is C14H11NO4. The van der Waals surface area contributed by atoms with E-state index < -0.39 is 4.92 Å². The van der Waals surface area contributed by atoms with Gasteiger partial charge in [-0.2, -0.15) is 0 Å². The van der Waals surface area contributed by atoms with Crippen molar-refractivity contribution in [2.45, 2.75) is 6.92 Å². The summed E-state index contributed by atoms with van der Waals surface area (Å²) in [5.41, 5.74) is 1.32. The number of nitrogens with zero attached hydrogens (tertiary/aromatic N) is 1. The number of ether oxygens (including phenoxy) is 1. The van der Waals surface area contributed by atoms with Crippen molar-refractivity contribution < 1.29 is 14.5 Å². The Kier molecular flexibility index (Phi) is 3.56. The topological polar surface area (TPSA) is 69.4 Å². The van der Waals surface area contributed by atoms with Gasteiger partial charge >= 0.3 is 0 Å². The molecule has 96 valence electrons. The number of non-ortho nitro benzene ring substituents is 1. The second-order valence-electron chi connectivity index (χ2n) is 4.00. The predicted octanol–water partition coefficient (Wildman–Crippen LogP) is 3.51. The predicted molar refractivity (Wildman–Crippen MR) is 69.7 cm³/mol. The molecule has 0 saturated carbocycles. The Labute approximate surface area is 109 Å². The number of aryl methyl sites for hydroxylation is 1. The average Bonchev–Trinajstić information content (AvgIpc) is 2.42. The molecular weight excluding hydrogens is 246 g/mol. The Morgan fingerprint density at radius 2 is 1.84 bits per heavy atom. The van der Waals surface area contributed by atoms with Crippen LogP contribution < -0.4 is 4.74 Å². The molecule has 5 heteroatoms. The molecule has 0 spiro atoms. The molecule has 0 aliphatic heterocycles. The zero-order chi connectivity index (χ0) is 13.8. The van der Waals surface area contributed by atoms with Crippen LogP contribution in [0.25, 0.3) is 0 Å². The maximum atomic E-state index is 10.7. The first kappa shape index (κ1) is 12.8. The number of aldehydes is 1.